The van der Waals surface area contributed by atoms with Crippen LogP contribution in [0.25, 0.3) is 0 Å². The fraction of sp³-hybridized carbons (Fsp3) is 0.692. The molecule has 1 fully saturated rings. The van der Waals surface area contributed by atoms with E-state index in [9.17, 15) is 19.2 Å². The fourth-order valence-electron chi connectivity index (χ4n) is 1.63. The van der Waals surface area contributed by atoms with E-state index in [1.807, 2.05) is 13.8 Å². The van der Waals surface area contributed by atoms with Crippen LogP contribution < -0.4 is 10.6 Å². The van der Waals surface area contributed by atoms with Crippen molar-refractivity contribution >= 4 is 34.7 Å². The Balaban J connectivity index is 2.12. The van der Waals surface area contributed by atoms with E-state index in [-0.39, 0.29) is 36.1 Å². The predicted octanol–water partition coefficient (Wildman–Crippen LogP) is -0.271. The third-order valence-electron chi connectivity index (χ3n) is 2.73. The summed E-state index contributed by atoms with van der Waals surface area (Å²) in [6, 6.07) is 0. The van der Waals surface area contributed by atoms with Gasteiger partial charge in [0.2, 0.25) is 5.91 Å². The molecule has 0 atom stereocenters. The highest BCUT2D eigenvalue weighted by Gasteiger charge is 2.29. The minimum Gasteiger partial charge on any atom is -0.379 e. The Morgan fingerprint density at radius 2 is 1.86 bits per heavy atom. The van der Waals surface area contributed by atoms with Crippen LogP contribution in [-0.4, -0.2) is 66.0 Å². The first-order chi connectivity index (χ1) is 10.4. The number of thioether (sulfide) groups is 1. The van der Waals surface area contributed by atoms with E-state index >= 15 is 0 Å². The van der Waals surface area contributed by atoms with Gasteiger partial charge >= 0.3 is 11.8 Å². The molecule has 0 aromatic carbocycles. The van der Waals surface area contributed by atoms with E-state index in [0.29, 0.717) is 19.6 Å². The molecule has 8 nitrogen and oxygen atoms in total. The molecule has 0 aromatic heterocycles. The van der Waals surface area contributed by atoms with Crippen LogP contribution in [0.15, 0.2) is 0 Å². The summed E-state index contributed by atoms with van der Waals surface area (Å²) in [6.07, 6.45) is 0.749. The lowest BCUT2D eigenvalue weighted by Crippen LogP contribution is -2.44. The molecule has 1 heterocycles. The van der Waals surface area contributed by atoms with Crippen molar-refractivity contribution in [2.45, 2.75) is 26.4 Å². The molecule has 0 radical (unpaired) electrons. The molecule has 0 aliphatic carbocycles. The van der Waals surface area contributed by atoms with Gasteiger partial charge < -0.3 is 15.4 Å². The average molecular weight is 331 g/mol. The maximum atomic E-state index is 11.5. The topological polar surface area (TPSA) is 105 Å². The van der Waals surface area contributed by atoms with Crippen molar-refractivity contribution in [3.05, 3.63) is 0 Å². The molecule has 22 heavy (non-hydrogen) atoms. The van der Waals surface area contributed by atoms with Crippen molar-refractivity contribution in [1.29, 1.82) is 0 Å². The van der Waals surface area contributed by atoms with E-state index in [1.54, 1.807) is 0 Å². The molecule has 2 N–H and O–H groups in total. The zero-order valence-electron chi connectivity index (χ0n) is 12.7. The Labute approximate surface area is 133 Å². The van der Waals surface area contributed by atoms with Crippen molar-refractivity contribution in [3.63, 3.8) is 0 Å². The maximum Gasteiger partial charge on any atom is 0.309 e. The molecular formula is C13H21N3O5S. The van der Waals surface area contributed by atoms with Gasteiger partial charge in [0.15, 0.2) is 0 Å². The smallest absolute Gasteiger partial charge is 0.309 e. The van der Waals surface area contributed by atoms with Crippen molar-refractivity contribution < 1.29 is 23.9 Å². The summed E-state index contributed by atoms with van der Waals surface area (Å²) in [7, 11) is 0. The molecule has 9 heteroatoms. The van der Waals surface area contributed by atoms with Crippen LogP contribution in [0.5, 0.6) is 0 Å². The lowest BCUT2D eigenvalue weighted by atomic mass is 10.4. The zero-order chi connectivity index (χ0) is 16.5. The molecule has 1 aliphatic rings. The summed E-state index contributed by atoms with van der Waals surface area (Å²) in [4.78, 5) is 46.7. The molecule has 0 spiro atoms. The van der Waals surface area contributed by atoms with Crippen molar-refractivity contribution in [1.82, 2.24) is 15.5 Å². The maximum absolute atomic E-state index is 11.5. The fourth-order valence-corrected chi connectivity index (χ4v) is 2.38. The number of imide groups is 1. The first kappa shape index (κ1) is 18.4. The lowest BCUT2D eigenvalue weighted by molar-refractivity contribution is -0.139. The SMILES string of the molecule is CC(C)OCCCNC(=O)C(=O)NCCN1C(=O)CSC1=O. The number of hydrogen-bond acceptors (Lipinski definition) is 6. The van der Waals surface area contributed by atoms with Crippen molar-refractivity contribution in [3.8, 4) is 0 Å². The minimum atomic E-state index is -0.781. The first-order valence-corrected chi connectivity index (χ1v) is 8.05. The first-order valence-electron chi connectivity index (χ1n) is 7.06. The molecule has 0 saturated carbocycles. The number of hydrogen-bond donors (Lipinski definition) is 2. The average Bonchev–Trinajstić information content (AvgIpc) is 2.77. The summed E-state index contributed by atoms with van der Waals surface area (Å²) in [5.74, 6) is -1.67. The Hall–Kier alpha value is -1.61. The molecule has 4 amide bonds. The monoisotopic (exact) mass is 331 g/mol. The Kier molecular flexibility index (Phi) is 7.89. The highest BCUT2D eigenvalue weighted by molar-refractivity contribution is 8.14. The zero-order valence-corrected chi connectivity index (χ0v) is 13.5. The third kappa shape index (κ3) is 6.44. The summed E-state index contributed by atoms with van der Waals surface area (Å²) < 4.78 is 5.30. The Morgan fingerprint density at radius 1 is 1.23 bits per heavy atom. The van der Waals surface area contributed by atoms with Gasteiger partial charge in [-0.25, -0.2) is 0 Å². The van der Waals surface area contributed by atoms with Gasteiger partial charge in [-0.3, -0.25) is 24.1 Å². The number of carbonyl (C=O) groups is 4. The standard InChI is InChI=1S/C13H21N3O5S/c1-9(2)21-7-3-4-14-11(18)12(19)15-5-6-16-10(17)8-22-13(16)20/h9H,3-8H2,1-2H3,(H,14,18)(H,15,19). The van der Waals surface area contributed by atoms with Crippen LogP contribution in [0.3, 0.4) is 0 Å². The van der Waals surface area contributed by atoms with Gasteiger partial charge in [-0.15, -0.1) is 0 Å². The molecule has 1 saturated heterocycles. The van der Waals surface area contributed by atoms with Gasteiger partial charge in [-0.1, -0.05) is 11.8 Å². The van der Waals surface area contributed by atoms with E-state index < -0.39 is 11.8 Å². The van der Waals surface area contributed by atoms with Gasteiger partial charge in [-0.05, 0) is 20.3 Å². The largest absolute Gasteiger partial charge is 0.379 e. The van der Waals surface area contributed by atoms with Crippen molar-refractivity contribution in [2.75, 3.05) is 32.0 Å². The Morgan fingerprint density at radius 3 is 2.41 bits per heavy atom. The van der Waals surface area contributed by atoms with Gasteiger partial charge in [0.05, 0.1) is 11.9 Å². The molecule has 0 unspecified atom stereocenters. The summed E-state index contributed by atoms with van der Waals surface area (Å²) in [6.45, 7) is 4.82. The van der Waals surface area contributed by atoms with E-state index in [1.165, 1.54) is 0 Å². The summed E-state index contributed by atoms with van der Waals surface area (Å²) >= 11 is 0.930. The summed E-state index contributed by atoms with van der Waals surface area (Å²) in [5.41, 5.74) is 0. The highest BCUT2D eigenvalue weighted by atomic mass is 32.2. The van der Waals surface area contributed by atoms with Crippen LogP contribution in [0.1, 0.15) is 20.3 Å². The molecule has 1 rings (SSSR count). The van der Waals surface area contributed by atoms with E-state index in [4.69, 9.17) is 4.74 Å². The van der Waals surface area contributed by atoms with Gasteiger partial charge in [-0.2, -0.15) is 0 Å². The second-order valence-electron chi connectivity index (χ2n) is 4.88. The molecule has 0 aromatic rings. The Bertz CT molecular complexity index is 425. The van der Waals surface area contributed by atoms with Gasteiger partial charge in [0.1, 0.15) is 0 Å². The van der Waals surface area contributed by atoms with Crippen LogP contribution in [-0.2, 0) is 19.1 Å². The predicted molar refractivity (Wildman–Crippen MR) is 81.3 cm³/mol. The quantitative estimate of drug-likeness (QED) is 0.469. The van der Waals surface area contributed by atoms with Crippen LogP contribution in [0, 0.1) is 0 Å². The summed E-state index contributed by atoms with van der Waals surface area (Å²) in [5, 5.41) is 4.52. The van der Waals surface area contributed by atoms with Gasteiger partial charge in [0, 0.05) is 26.2 Å². The number of rotatable bonds is 8. The second-order valence-corrected chi connectivity index (χ2v) is 5.81. The van der Waals surface area contributed by atoms with Crippen molar-refractivity contribution in [2.24, 2.45) is 0 Å². The molecular weight excluding hydrogens is 310 g/mol. The molecule has 124 valence electrons. The lowest BCUT2D eigenvalue weighted by Gasteiger charge is -2.13. The molecule has 0 bridgehead atoms. The van der Waals surface area contributed by atoms with Crippen LogP contribution in [0.2, 0.25) is 0 Å². The van der Waals surface area contributed by atoms with Gasteiger partial charge in [0.25, 0.3) is 5.24 Å². The number of nitrogens with zero attached hydrogens (tertiary/aromatic N) is 1. The number of ether oxygens (including phenoxy) is 1. The van der Waals surface area contributed by atoms with E-state index in [2.05, 4.69) is 10.6 Å². The van der Waals surface area contributed by atoms with Crippen LogP contribution >= 0.6 is 11.8 Å². The highest BCUT2D eigenvalue weighted by Crippen LogP contribution is 2.17. The number of amides is 4. The number of carbonyl (C=O) groups excluding carboxylic acids is 4. The molecule has 1 aliphatic heterocycles. The van der Waals surface area contributed by atoms with E-state index in [0.717, 1.165) is 16.7 Å². The second kappa shape index (κ2) is 9.42. The third-order valence-corrected chi connectivity index (χ3v) is 3.58. The normalized spacial score (nSPS) is 14.6. The minimum absolute atomic E-state index is 0.0563. The number of nitrogens with one attached hydrogen (secondary N) is 2. The van der Waals surface area contributed by atoms with Crippen LogP contribution in [0.4, 0.5) is 4.79 Å².